The molecule has 1 aliphatic rings. The molecule has 0 heterocycles. The van der Waals surface area contributed by atoms with E-state index in [1.165, 1.54) is 19.3 Å². The van der Waals surface area contributed by atoms with Crippen LogP contribution < -0.4 is 5.73 Å². The predicted molar refractivity (Wildman–Crippen MR) is 69.7 cm³/mol. The summed E-state index contributed by atoms with van der Waals surface area (Å²) in [6.45, 7) is 0. The molecule has 1 nitrogen and oxygen atoms in total. The molecule has 0 radical (unpaired) electrons. The summed E-state index contributed by atoms with van der Waals surface area (Å²) in [6, 6.07) is 5.43. The molecule has 17 heavy (non-hydrogen) atoms. The molecular weight excluding hydrogens is 237 g/mol. The fraction of sp³-hybridized carbons (Fsp3) is 0.571. The van der Waals surface area contributed by atoms with Crippen LogP contribution in [0.1, 0.15) is 37.7 Å². The minimum Gasteiger partial charge on any atom is -0.328 e. The fourth-order valence-corrected chi connectivity index (χ4v) is 2.81. The second kappa shape index (κ2) is 5.83. The third kappa shape index (κ3) is 3.68. The van der Waals surface area contributed by atoms with Gasteiger partial charge in [0, 0.05) is 6.04 Å². The zero-order chi connectivity index (χ0) is 12.3. The average Bonchev–Trinajstić information content (AvgIpc) is 2.48. The second-order valence-electron chi connectivity index (χ2n) is 5.10. The van der Waals surface area contributed by atoms with Crippen LogP contribution >= 0.6 is 11.6 Å². The van der Waals surface area contributed by atoms with Crippen LogP contribution in [-0.2, 0) is 6.42 Å². The van der Waals surface area contributed by atoms with Gasteiger partial charge in [-0.15, -0.1) is 0 Å². The van der Waals surface area contributed by atoms with Gasteiger partial charge in [-0.2, -0.15) is 0 Å². The number of benzene rings is 1. The Hall–Kier alpha value is -0.600. The topological polar surface area (TPSA) is 26.0 Å². The Morgan fingerprint density at radius 3 is 2.82 bits per heavy atom. The molecule has 2 unspecified atom stereocenters. The van der Waals surface area contributed by atoms with Gasteiger partial charge in [0.1, 0.15) is 5.82 Å². The first-order valence-corrected chi connectivity index (χ1v) is 6.72. The monoisotopic (exact) mass is 255 g/mol. The Labute approximate surface area is 107 Å². The fourth-order valence-electron chi connectivity index (χ4n) is 2.69. The lowest BCUT2D eigenvalue weighted by atomic mass is 9.91. The molecule has 1 aromatic rings. The van der Waals surface area contributed by atoms with E-state index in [2.05, 4.69) is 0 Å². The third-order valence-electron chi connectivity index (χ3n) is 3.58. The van der Waals surface area contributed by atoms with E-state index in [1.54, 1.807) is 12.1 Å². The normalized spacial score (nSPS) is 25.6. The van der Waals surface area contributed by atoms with Crippen LogP contribution in [0.15, 0.2) is 18.2 Å². The minimum absolute atomic E-state index is 0.200. The summed E-state index contributed by atoms with van der Waals surface area (Å²) in [5.41, 5.74) is 7.07. The molecule has 0 aliphatic heterocycles. The van der Waals surface area contributed by atoms with Crippen LogP contribution in [0.3, 0.4) is 0 Å². The van der Waals surface area contributed by atoms with Crippen molar-refractivity contribution in [1.29, 1.82) is 0 Å². The molecular formula is C14H19ClFN. The Morgan fingerprint density at radius 1 is 1.29 bits per heavy atom. The van der Waals surface area contributed by atoms with Gasteiger partial charge >= 0.3 is 0 Å². The summed E-state index contributed by atoms with van der Waals surface area (Å²) in [7, 11) is 0. The molecule has 2 N–H and O–H groups in total. The first kappa shape index (κ1) is 12.8. The first-order chi connectivity index (χ1) is 8.15. The minimum atomic E-state index is -0.318. The summed E-state index contributed by atoms with van der Waals surface area (Å²) in [6.07, 6.45) is 6.79. The number of nitrogens with two attached hydrogens (primary N) is 1. The van der Waals surface area contributed by atoms with Crippen molar-refractivity contribution in [3.63, 3.8) is 0 Å². The van der Waals surface area contributed by atoms with E-state index in [1.807, 2.05) is 6.07 Å². The maximum atomic E-state index is 13.3. The van der Waals surface area contributed by atoms with Crippen LogP contribution in [0, 0.1) is 11.7 Å². The van der Waals surface area contributed by atoms with Gasteiger partial charge < -0.3 is 5.73 Å². The molecule has 0 bridgehead atoms. The van der Waals surface area contributed by atoms with E-state index in [4.69, 9.17) is 17.3 Å². The van der Waals surface area contributed by atoms with Crippen molar-refractivity contribution in [2.45, 2.75) is 44.6 Å². The molecule has 0 saturated heterocycles. The van der Waals surface area contributed by atoms with Crippen molar-refractivity contribution in [2.75, 3.05) is 0 Å². The van der Waals surface area contributed by atoms with Crippen LogP contribution in [0.4, 0.5) is 4.39 Å². The quantitative estimate of drug-likeness (QED) is 0.797. The van der Waals surface area contributed by atoms with E-state index in [-0.39, 0.29) is 10.8 Å². The Kier molecular flexibility index (Phi) is 4.41. The standard InChI is InChI=1S/C14H19ClFN/c15-13-6-5-11(9-14(13)16)7-10-3-1-2-4-12(17)8-10/h5-6,9-10,12H,1-4,7-8,17H2. The SMILES string of the molecule is NC1CCCCC(Cc2ccc(Cl)c(F)c2)C1. The lowest BCUT2D eigenvalue weighted by Crippen LogP contribution is -2.22. The van der Waals surface area contributed by atoms with Gasteiger partial charge in [-0.1, -0.05) is 36.9 Å². The molecule has 2 atom stereocenters. The molecule has 3 heteroatoms. The number of halogens is 2. The summed E-state index contributed by atoms with van der Waals surface area (Å²) in [5.74, 6) is 0.273. The molecule has 0 amide bonds. The second-order valence-corrected chi connectivity index (χ2v) is 5.51. The summed E-state index contributed by atoms with van der Waals surface area (Å²) >= 11 is 5.68. The Bertz CT molecular complexity index is 380. The van der Waals surface area contributed by atoms with Crippen molar-refractivity contribution < 1.29 is 4.39 Å². The van der Waals surface area contributed by atoms with Gasteiger partial charge in [-0.3, -0.25) is 0 Å². The molecule has 2 rings (SSSR count). The highest BCUT2D eigenvalue weighted by molar-refractivity contribution is 6.30. The zero-order valence-corrected chi connectivity index (χ0v) is 10.7. The summed E-state index contributed by atoms with van der Waals surface area (Å²) < 4.78 is 13.3. The Morgan fingerprint density at radius 2 is 2.06 bits per heavy atom. The average molecular weight is 256 g/mol. The largest absolute Gasteiger partial charge is 0.328 e. The molecule has 1 aliphatic carbocycles. The van der Waals surface area contributed by atoms with Crippen LogP contribution in [0.25, 0.3) is 0 Å². The van der Waals surface area contributed by atoms with Gasteiger partial charge in [0.15, 0.2) is 0 Å². The molecule has 1 fully saturated rings. The number of hydrogen-bond donors (Lipinski definition) is 1. The molecule has 0 spiro atoms. The highest BCUT2D eigenvalue weighted by atomic mass is 35.5. The third-order valence-corrected chi connectivity index (χ3v) is 3.89. The van der Waals surface area contributed by atoms with Gasteiger partial charge in [-0.25, -0.2) is 4.39 Å². The maximum absolute atomic E-state index is 13.3. The van der Waals surface area contributed by atoms with E-state index in [0.29, 0.717) is 12.0 Å². The lowest BCUT2D eigenvalue weighted by molar-refractivity contribution is 0.430. The predicted octanol–water partition coefficient (Wildman–Crippen LogP) is 3.93. The van der Waals surface area contributed by atoms with Crippen molar-refractivity contribution in [3.05, 3.63) is 34.6 Å². The van der Waals surface area contributed by atoms with Gasteiger partial charge in [-0.05, 0) is 42.9 Å². The van der Waals surface area contributed by atoms with Gasteiger partial charge in [0.2, 0.25) is 0 Å². The van der Waals surface area contributed by atoms with E-state index < -0.39 is 0 Å². The van der Waals surface area contributed by atoms with Crippen LogP contribution in [-0.4, -0.2) is 6.04 Å². The van der Waals surface area contributed by atoms with Crippen molar-refractivity contribution in [3.8, 4) is 0 Å². The first-order valence-electron chi connectivity index (χ1n) is 6.34. The smallest absolute Gasteiger partial charge is 0.142 e. The van der Waals surface area contributed by atoms with Crippen LogP contribution in [0.2, 0.25) is 5.02 Å². The zero-order valence-electron chi connectivity index (χ0n) is 9.96. The number of rotatable bonds is 2. The van der Waals surface area contributed by atoms with Crippen LogP contribution in [0.5, 0.6) is 0 Å². The molecule has 94 valence electrons. The summed E-state index contributed by atoms with van der Waals surface area (Å²) in [5, 5.41) is 0.200. The summed E-state index contributed by atoms with van der Waals surface area (Å²) in [4.78, 5) is 0. The van der Waals surface area contributed by atoms with Crippen molar-refractivity contribution in [1.82, 2.24) is 0 Å². The van der Waals surface area contributed by atoms with Crippen molar-refractivity contribution in [2.24, 2.45) is 11.7 Å². The van der Waals surface area contributed by atoms with Gasteiger partial charge in [0.25, 0.3) is 0 Å². The van der Waals surface area contributed by atoms with E-state index in [0.717, 1.165) is 24.8 Å². The highest BCUT2D eigenvalue weighted by Gasteiger charge is 2.18. The highest BCUT2D eigenvalue weighted by Crippen LogP contribution is 2.26. The maximum Gasteiger partial charge on any atom is 0.142 e. The van der Waals surface area contributed by atoms with Crippen molar-refractivity contribution >= 4 is 11.6 Å². The molecule has 1 saturated carbocycles. The van der Waals surface area contributed by atoms with E-state index >= 15 is 0 Å². The molecule has 1 aromatic carbocycles. The molecule has 0 aromatic heterocycles. The number of hydrogen-bond acceptors (Lipinski definition) is 1. The van der Waals surface area contributed by atoms with E-state index in [9.17, 15) is 4.39 Å². The Balaban J connectivity index is 2.01. The van der Waals surface area contributed by atoms with Gasteiger partial charge in [0.05, 0.1) is 5.02 Å². The lowest BCUT2D eigenvalue weighted by Gasteiger charge is -2.17.